The zero-order valence-corrected chi connectivity index (χ0v) is 13.6. The predicted octanol–water partition coefficient (Wildman–Crippen LogP) is 2.61. The van der Waals surface area contributed by atoms with E-state index in [0.29, 0.717) is 27.8 Å². The van der Waals surface area contributed by atoms with Gasteiger partial charge in [0.05, 0.1) is 17.1 Å². The minimum Gasteiger partial charge on any atom is -0.454 e. The van der Waals surface area contributed by atoms with Crippen LogP contribution in [0.15, 0.2) is 36.4 Å². The Kier molecular flexibility index (Phi) is 4.57. The maximum Gasteiger partial charge on any atom is 0.251 e. The van der Waals surface area contributed by atoms with Crippen LogP contribution in [0.2, 0.25) is 5.02 Å². The van der Waals surface area contributed by atoms with Crippen LogP contribution in [0.1, 0.15) is 15.9 Å². The van der Waals surface area contributed by atoms with E-state index < -0.39 is 0 Å². The van der Waals surface area contributed by atoms with Crippen LogP contribution >= 0.6 is 11.6 Å². The van der Waals surface area contributed by atoms with Gasteiger partial charge in [-0.3, -0.25) is 9.59 Å². The van der Waals surface area contributed by atoms with Crippen LogP contribution in [0.25, 0.3) is 0 Å². The lowest BCUT2D eigenvalue weighted by atomic mass is 10.1. The summed E-state index contributed by atoms with van der Waals surface area (Å²) in [6, 6.07) is 10.1. The number of ether oxygens (including phenoxy) is 2. The van der Waals surface area contributed by atoms with E-state index >= 15 is 0 Å². The van der Waals surface area contributed by atoms with Crippen molar-refractivity contribution in [2.75, 3.05) is 19.2 Å². The summed E-state index contributed by atoms with van der Waals surface area (Å²) in [5.41, 5.74) is 1.68. The zero-order valence-electron chi connectivity index (χ0n) is 12.9. The van der Waals surface area contributed by atoms with Gasteiger partial charge in [0.25, 0.3) is 5.91 Å². The molecule has 2 aromatic carbocycles. The van der Waals surface area contributed by atoms with Crippen molar-refractivity contribution in [1.82, 2.24) is 5.32 Å². The molecule has 1 heterocycles. The minimum absolute atomic E-state index is 0.171. The van der Waals surface area contributed by atoms with Gasteiger partial charge in [0, 0.05) is 12.6 Å². The Labute approximate surface area is 143 Å². The zero-order chi connectivity index (χ0) is 17.1. The SMILES string of the molecule is CNC(=O)c1ccc(NC(=O)Cc2ccc3c(c2)OCO3)c(Cl)c1. The quantitative estimate of drug-likeness (QED) is 0.892. The molecule has 124 valence electrons. The Hall–Kier alpha value is -2.73. The monoisotopic (exact) mass is 346 g/mol. The number of nitrogens with one attached hydrogen (secondary N) is 2. The van der Waals surface area contributed by atoms with Crippen LogP contribution < -0.4 is 20.1 Å². The highest BCUT2D eigenvalue weighted by Gasteiger charge is 2.15. The van der Waals surface area contributed by atoms with E-state index in [1.807, 2.05) is 6.07 Å². The second kappa shape index (κ2) is 6.80. The van der Waals surface area contributed by atoms with Crippen molar-refractivity contribution in [3.8, 4) is 11.5 Å². The molecule has 6 nitrogen and oxygen atoms in total. The highest BCUT2D eigenvalue weighted by atomic mass is 35.5. The maximum atomic E-state index is 12.2. The van der Waals surface area contributed by atoms with Gasteiger partial charge >= 0.3 is 0 Å². The van der Waals surface area contributed by atoms with E-state index in [-0.39, 0.29) is 25.0 Å². The summed E-state index contributed by atoms with van der Waals surface area (Å²) in [5.74, 6) is 0.846. The van der Waals surface area contributed by atoms with Crippen LogP contribution in [-0.4, -0.2) is 25.7 Å². The Morgan fingerprint density at radius 3 is 2.67 bits per heavy atom. The lowest BCUT2D eigenvalue weighted by Crippen LogP contribution is -2.18. The molecule has 0 unspecified atom stereocenters. The Balaban J connectivity index is 1.67. The summed E-state index contributed by atoms with van der Waals surface area (Å²) >= 11 is 6.12. The molecule has 1 aliphatic rings. The fourth-order valence-electron chi connectivity index (χ4n) is 2.33. The number of carbonyl (C=O) groups is 2. The lowest BCUT2D eigenvalue weighted by molar-refractivity contribution is -0.115. The number of anilines is 1. The van der Waals surface area contributed by atoms with Crippen LogP contribution in [-0.2, 0) is 11.2 Å². The molecule has 1 aliphatic heterocycles. The topological polar surface area (TPSA) is 76.7 Å². The number of benzene rings is 2. The number of rotatable bonds is 4. The standard InChI is InChI=1S/C17H15ClN2O4/c1-19-17(22)11-3-4-13(12(18)8-11)20-16(21)7-10-2-5-14-15(6-10)24-9-23-14/h2-6,8H,7,9H2,1H3,(H,19,22)(H,20,21). The number of amides is 2. The molecule has 0 atom stereocenters. The van der Waals surface area contributed by atoms with Gasteiger partial charge in [0.2, 0.25) is 12.7 Å². The molecule has 0 aromatic heterocycles. The molecular formula is C17H15ClN2O4. The first kappa shape index (κ1) is 16.1. The largest absolute Gasteiger partial charge is 0.454 e. The molecule has 24 heavy (non-hydrogen) atoms. The second-order valence-corrected chi connectivity index (χ2v) is 5.59. The molecule has 0 fully saturated rings. The van der Waals surface area contributed by atoms with Crippen molar-refractivity contribution in [1.29, 1.82) is 0 Å². The highest BCUT2D eigenvalue weighted by Crippen LogP contribution is 2.32. The van der Waals surface area contributed by atoms with E-state index in [4.69, 9.17) is 21.1 Å². The normalized spacial score (nSPS) is 11.9. The first-order valence-corrected chi connectivity index (χ1v) is 7.64. The first-order valence-electron chi connectivity index (χ1n) is 7.27. The van der Waals surface area contributed by atoms with Crippen LogP contribution in [0.5, 0.6) is 11.5 Å². The smallest absolute Gasteiger partial charge is 0.251 e. The molecule has 0 saturated heterocycles. The summed E-state index contributed by atoms with van der Waals surface area (Å²) in [4.78, 5) is 23.7. The van der Waals surface area contributed by atoms with Crippen molar-refractivity contribution >= 4 is 29.1 Å². The van der Waals surface area contributed by atoms with Crippen molar-refractivity contribution < 1.29 is 19.1 Å². The molecule has 0 spiro atoms. The molecule has 3 rings (SSSR count). The third-order valence-electron chi connectivity index (χ3n) is 3.53. The molecule has 0 saturated carbocycles. The number of halogens is 1. The number of hydrogen-bond donors (Lipinski definition) is 2. The van der Waals surface area contributed by atoms with E-state index in [1.54, 1.807) is 24.3 Å². The first-order chi connectivity index (χ1) is 11.6. The third-order valence-corrected chi connectivity index (χ3v) is 3.85. The maximum absolute atomic E-state index is 12.2. The molecule has 2 amide bonds. The number of fused-ring (bicyclic) bond motifs is 1. The minimum atomic E-state index is -0.241. The van der Waals surface area contributed by atoms with Crippen molar-refractivity contribution in [3.63, 3.8) is 0 Å². The fraction of sp³-hybridized carbons (Fsp3) is 0.176. The lowest BCUT2D eigenvalue weighted by Gasteiger charge is -2.09. The van der Waals surface area contributed by atoms with Gasteiger partial charge < -0.3 is 20.1 Å². The molecular weight excluding hydrogens is 332 g/mol. The summed E-state index contributed by atoms with van der Waals surface area (Å²) in [7, 11) is 1.54. The van der Waals surface area contributed by atoms with E-state index in [1.165, 1.54) is 13.1 Å². The van der Waals surface area contributed by atoms with E-state index in [9.17, 15) is 9.59 Å². The van der Waals surface area contributed by atoms with Crippen molar-refractivity contribution in [2.45, 2.75) is 6.42 Å². The number of carbonyl (C=O) groups excluding carboxylic acids is 2. The summed E-state index contributed by atoms with van der Waals surface area (Å²) in [6.45, 7) is 0.193. The Morgan fingerprint density at radius 1 is 1.12 bits per heavy atom. The van der Waals surface area contributed by atoms with Crippen molar-refractivity contribution in [3.05, 3.63) is 52.5 Å². The average molecular weight is 347 g/mol. The van der Waals surface area contributed by atoms with E-state index in [2.05, 4.69) is 10.6 Å². The summed E-state index contributed by atoms with van der Waals surface area (Å²) in [5, 5.41) is 5.55. The fourth-order valence-corrected chi connectivity index (χ4v) is 2.56. The third kappa shape index (κ3) is 3.44. The van der Waals surface area contributed by atoms with Gasteiger partial charge in [0.15, 0.2) is 11.5 Å². The van der Waals surface area contributed by atoms with Crippen LogP contribution in [0.4, 0.5) is 5.69 Å². The van der Waals surface area contributed by atoms with Crippen molar-refractivity contribution in [2.24, 2.45) is 0 Å². The summed E-state index contributed by atoms with van der Waals surface area (Å²) < 4.78 is 10.5. The van der Waals surface area contributed by atoms with E-state index in [0.717, 1.165) is 5.56 Å². The summed E-state index contributed by atoms with van der Waals surface area (Å²) in [6.07, 6.45) is 0.171. The molecule has 0 aliphatic carbocycles. The molecule has 0 radical (unpaired) electrons. The van der Waals surface area contributed by atoms with Gasteiger partial charge in [-0.2, -0.15) is 0 Å². The Bertz CT molecular complexity index is 807. The van der Waals surface area contributed by atoms with Gasteiger partial charge in [-0.15, -0.1) is 0 Å². The molecule has 2 aromatic rings. The van der Waals surface area contributed by atoms with Gasteiger partial charge in [-0.25, -0.2) is 0 Å². The Morgan fingerprint density at radius 2 is 1.92 bits per heavy atom. The molecule has 2 N–H and O–H groups in total. The average Bonchev–Trinajstić information content (AvgIpc) is 3.03. The predicted molar refractivity (Wildman–Crippen MR) is 89.7 cm³/mol. The van der Waals surface area contributed by atoms with Crippen LogP contribution in [0.3, 0.4) is 0 Å². The highest BCUT2D eigenvalue weighted by molar-refractivity contribution is 6.34. The van der Waals surface area contributed by atoms with Crippen LogP contribution in [0, 0.1) is 0 Å². The van der Waals surface area contributed by atoms with Gasteiger partial charge in [0.1, 0.15) is 0 Å². The number of hydrogen-bond acceptors (Lipinski definition) is 4. The molecule has 7 heteroatoms. The molecule has 0 bridgehead atoms. The van der Waals surface area contributed by atoms with Gasteiger partial charge in [-0.1, -0.05) is 17.7 Å². The second-order valence-electron chi connectivity index (χ2n) is 5.19. The van der Waals surface area contributed by atoms with Gasteiger partial charge in [-0.05, 0) is 35.9 Å².